The number of hydrogen-bond acceptors (Lipinski definition) is 2. The van der Waals surface area contributed by atoms with Crippen molar-refractivity contribution in [3.05, 3.63) is 83.0 Å². The summed E-state index contributed by atoms with van der Waals surface area (Å²) in [4.78, 5) is 12.2. The number of benzene rings is 2. The van der Waals surface area contributed by atoms with E-state index in [1.54, 1.807) is 10.9 Å². The minimum Gasteiger partial charge on any atom is -0.277 e. The first-order chi connectivity index (χ1) is 9.34. The maximum atomic E-state index is 12.2. The Labute approximate surface area is 110 Å². The second-order valence-corrected chi connectivity index (χ2v) is 4.27. The SMILES string of the molecule is O=c1n(Cc2ccccc2)cnn1-c1ccccc1. The van der Waals surface area contributed by atoms with E-state index in [-0.39, 0.29) is 5.69 Å². The molecule has 0 N–H and O–H groups in total. The topological polar surface area (TPSA) is 39.8 Å². The van der Waals surface area contributed by atoms with Gasteiger partial charge in [-0.2, -0.15) is 9.78 Å². The van der Waals surface area contributed by atoms with Gasteiger partial charge < -0.3 is 0 Å². The van der Waals surface area contributed by atoms with Gasteiger partial charge in [0, 0.05) is 0 Å². The second-order valence-electron chi connectivity index (χ2n) is 4.27. The van der Waals surface area contributed by atoms with Crippen LogP contribution in [-0.4, -0.2) is 14.3 Å². The molecule has 0 spiro atoms. The first kappa shape index (κ1) is 11.5. The number of hydrogen-bond donors (Lipinski definition) is 0. The van der Waals surface area contributed by atoms with Gasteiger partial charge in [-0.25, -0.2) is 4.79 Å². The van der Waals surface area contributed by atoms with E-state index < -0.39 is 0 Å². The Morgan fingerprint density at radius 3 is 2.21 bits per heavy atom. The van der Waals surface area contributed by atoms with Crippen molar-refractivity contribution in [3.8, 4) is 5.69 Å². The average molecular weight is 251 g/mol. The van der Waals surface area contributed by atoms with E-state index in [0.29, 0.717) is 6.54 Å². The smallest absolute Gasteiger partial charge is 0.277 e. The summed E-state index contributed by atoms with van der Waals surface area (Å²) in [5, 5.41) is 4.15. The predicted octanol–water partition coefficient (Wildman–Crippen LogP) is 2.08. The number of aromatic nitrogens is 3. The van der Waals surface area contributed by atoms with Gasteiger partial charge in [0.15, 0.2) is 0 Å². The lowest BCUT2D eigenvalue weighted by molar-refractivity contribution is 0.738. The molecule has 4 nitrogen and oxygen atoms in total. The van der Waals surface area contributed by atoms with E-state index in [1.807, 2.05) is 60.7 Å². The zero-order valence-electron chi connectivity index (χ0n) is 10.3. The fraction of sp³-hybridized carbons (Fsp3) is 0.0667. The van der Waals surface area contributed by atoms with Crippen molar-refractivity contribution in [1.29, 1.82) is 0 Å². The average Bonchev–Trinajstić information content (AvgIpc) is 2.82. The highest BCUT2D eigenvalue weighted by molar-refractivity contribution is 5.29. The van der Waals surface area contributed by atoms with Crippen LogP contribution < -0.4 is 5.69 Å². The zero-order valence-corrected chi connectivity index (χ0v) is 10.3. The van der Waals surface area contributed by atoms with Crippen molar-refractivity contribution in [1.82, 2.24) is 14.3 Å². The van der Waals surface area contributed by atoms with Gasteiger partial charge in [-0.3, -0.25) is 4.57 Å². The molecule has 19 heavy (non-hydrogen) atoms. The molecule has 4 heteroatoms. The van der Waals surface area contributed by atoms with E-state index in [0.717, 1.165) is 11.3 Å². The van der Waals surface area contributed by atoms with Gasteiger partial charge in [-0.15, -0.1) is 0 Å². The monoisotopic (exact) mass is 251 g/mol. The largest absolute Gasteiger partial charge is 0.350 e. The summed E-state index contributed by atoms with van der Waals surface area (Å²) < 4.78 is 3.01. The number of nitrogens with zero attached hydrogens (tertiary/aromatic N) is 3. The first-order valence-corrected chi connectivity index (χ1v) is 6.08. The molecule has 94 valence electrons. The van der Waals surface area contributed by atoms with Crippen LogP contribution in [0.1, 0.15) is 5.56 Å². The summed E-state index contributed by atoms with van der Waals surface area (Å²) in [5.41, 5.74) is 1.73. The molecule has 1 aromatic heterocycles. The molecule has 0 bridgehead atoms. The molecule has 0 amide bonds. The van der Waals surface area contributed by atoms with Crippen LogP contribution >= 0.6 is 0 Å². The van der Waals surface area contributed by atoms with Crippen molar-refractivity contribution < 1.29 is 0 Å². The molecule has 0 aliphatic carbocycles. The molecule has 0 atom stereocenters. The Hall–Kier alpha value is -2.62. The van der Waals surface area contributed by atoms with E-state index in [2.05, 4.69) is 5.10 Å². The van der Waals surface area contributed by atoms with Crippen LogP contribution in [0.2, 0.25) is 0 Å². The lowest BCUT2D eigenvalue weighted by Crippen LogP contribution is -2.23. The normalized spacial score (nSPS) is 10.5. The van der Waals surface area contributed by atoms with Gasteiger partial charge >= 0.3 is 5.69 Å². The third kappa shape index (κ3) is 2.33. The van der Waals surface area contributed by atoms with Gasteiger partial charge in [0.2, 0.25) is 0 Å². The van der Waals surface area contributed by atoms with Gasteiger partial charge in [-0.05, 0) is 17.7 Å². The second kappa shape index (κ2) is 4.94. The summed E-state index contributed by atoms with van der Waals surface area (Å²) in [6.45, 7) is 0.534. The van der Waals surface area contributed by atoms with E-state index in [4.69, 9.17) is 0 Å². The van der Waals surface area contributed by atoms with Crippen LogP contribution in [0.5, 0.6) is 0 Å². The zero-order chi connectivity index (χ0) is 13.1. The molecule has 0 saturated carbocycles. The van der Waals surface area contributed by atoms with Gasteiger partial charge in [-0.1, -0.05) is 48.5 Å². The molecule has 0 aliphatic heterocycles. The summed E-state index contributed by atoms with van der Waals surface area (Å²) in [7, 11) is 0. The van der Waals surface area contributed by atoms with Crippen LogP contribution in [0, 0.1) is 0 Å². The van der Waals surface area contributed by atoms with E-state index in [9.17, 15) is 4.79 Å². The van der Waals surface area contributed by atoms with Crippen molar-refractivity contribution in [2.24, 2.45) is 0 Å². The quantitative estimate of drug-likeness (QED) is 0.715. The van der Waals surface area contributed by atoms with Gasteiger partial charge in [0.05, 0.1) is 12.2 Å². The van der Waals surface area contributed by atoms with Gasteiger partial charge in [0.25, 0.3) is 0 Å². The van der Waals surface area contributed by atoms with Crippen molar-refractivity contribution in [2.45, 2.75) is 6.54 Å². The van der Waals surface area contributed by atoms with E-state index >= 15 is 0 Å². The van der Waals surface area contributed by atoms with Crippen LogP contribution in [0.4, 0.5) is 0 Å². The minimum atomic E-state index is -0.130. The molecule has 2 aromatic carbocycles. The summed E-state index contributed by atoms with van der Waals surface area (Å²) in [6, 6.07) is 19.3. The Balaban J connectivity index is 1.94. The highest BCUT2D eigenvalue weighted by atomic mass is 16.2. The molecule has 0 unspecified atom stereocenters. The number of rotatable bonds is 3. The Bertz CT molecular complexity index is 714. The van der Waals surface area contributed by atoms with Crippen LogP contribution in [0.3, 0.4) is 0 Å². The molecule has 0 radical (unpaired) electrons. The molecule has 3 rings (SSSR count). The summed E-state index contributed by atoms with van der Waals surface area (Å²) in [5.74, 6) is 0. The molecule has 1 heterocycles. The van der Waals surface area contributed by atoms with Crippen molar-refractivity contribution in [2.75, 3.05) is 0 Å². The Morgan fingerprint density at radius 1 is 0.895 bits per heavy atom. The minimum absolute atomic E-state index is 0.130. The molecule has 0 saturated heterocycles. The van der Waals surface area contributed by atoms with Crippen molar-refractivity contribution in [3.63, 3.8) is 0 Å². The third-order valence-electron chi connectivity index (χ3n) is 2.93. The molecular weight excluding hydrogens is 238 g/mol. The standard InChI is InChI=1S/C15H13N3O/c19-15-17(11-13-7-3-1-4-8-13)12-16-18(15)14-9-5-2-6-10-14/h1-10,12H,11H2. The van der Waals surface area contributed by atoms with E-state index in [1.165, 1.54) is 4.68 Å². The number of para-hydroxylation sites is 1. The highest BCUT2D eigenvalue weighted by Crippen LogP contribution is 2.03. The summed E-state index contributed by atoms with van der Waals surface area (Å²) >= 11 is 0. The maximum absolute atomic E-state index is 12.2. The Morgan fingerprint density at radius 2 is 1.53 bits per heavy atom. The Kier molecular flexibility index (Phi) is 2.98. The molecular formula is C15H13N3O. The molecule has 0 fully saturated rings. The lowest BCUT2D eigenvalue weighted by atomic mass is 10.2. The fourth-order valence-electron chi connectivity index (χ4n) is 1.97. The highest BCUT2D eigenvalue weighted by Gasteiger charge is 2.06. The van der Waals surface area contributed by atoms with Crippen LogP contribution in [-0.2, 0) is 6.54 Å². The predicted molar refractivity (Wildman–Crippen MR) is 73.4 cm³/mol. The lowest BCUT2D eigenvalue weighted by Gasteiger charge is -2.01. The molecule has 3 aromatic rings. The third-order valence-corrected chi connectivity index (χ3v) is 2.93. The van der Waals surface area contributed by atoms with Gasteiger partial charge in [0.1, 0.15) is 6.33 Å². The van der Waals surface area contributed by atoms with Crippen molar-refractivity contribution >= 4 is 0 Å². The van der Waals surface area contributed by atoms with Crippen LogP contribution in [0.15, 0.2) is 71.8 Å². The fourth-order valence-corrected chi connectivity index (χ4v) is 1.97. The maximum Gasteiger partial charge on any atom is 0.350 e. The summed E-state index contributed by atoms with van der Waals surface area (Å²) in [6.07, 6.45) is 1.57. The first-order valence-electron chi connectivity index (χ1n) is 6.08. The van der Waals surface area contributed by atoms with Crippen LogP contribution in [0.25, 0.3) is 5.69 Å². The molecule has 0 aliphatic rings.